The number of thioether (sulfide) groups is 1. The van der Waals surface area contributed by atoms with Crippen molar-refractivity contribution < 1.29 is 18.7 Å². The van der Waals surface area contributed by atoms with Crippen LogP contribution in [-0.4, -0.2) is 31.9 Å². The highest BCUT2D eigenvalue weighted by Gasteiger charge is 2.19. The monoisotopic (exact) mass is 444 g/mol. The molecule has 0 spiro atoms. The summed E-state index contributed by atoms with van der Waals surface area (Å²) in [6, 6.07) is 17.9. The van der Waals surface area contributed by atoms with Crippen molar-refractivity contribution in [3.8, 4) is 28.7 Å². The summed E-state index contributed by atoms with van der Waals surface area (Å²) in [6.45, 7) is 0. The molecule has 0 saturated heterocycles. The predicted molar refractivity (Wildman–Crippen MR) is 120 cm³/mol. The van der Waals surface area contributed by atoms with Crippen molar-refractivity contribution in [1.82, 2.24) is 15.2 Å². The Bertz CT molecular complexity index is 1380. The molecule has 0 bridgehead atoms. The van der Waals surface area contributed by atoms with E-state index < -0.39 is 0 Å². The van der Waals surface area contributed by atoms with Gasteiger partial charge in [-0.3, -0.25) is 4.79 Å². The SMILES string of the molecule is O=C(CSc1nnc(-c2ccco2)c(-c2ccco2)n1)Nc1c(O)ccc2ccccc12. The zero-order valence-electron chi connectivity index (χ0n) is 16.6. The summed E-state index contributed by atoms with van der Waals surface area (Å²) in [4.78, 5) is 17.1. The number of fused-ring (bicyclic) bond motifs is 1. The van der Waals surface area contributed by atoms with Crippen LogP contribution in [0.3, 0.4) is 0 Å². The number of hydrogen-bond acceptors (Lipinski definition) is 8. The molecule has 0 aliphatic heterocycles. The van der Waals surface area contributed by atoms with E-state index in [2.05, 4.69) is 20.5 Å². The van der Waals surface area contributed by atoms with Crippen LogP contribution in [0.15, 0.2) is 87.2 Å². The normalized spacial score (nSPS) is 11.0. The maximum atomic E-state index is 12.6. The maximum Gasteiger partial charge on any atom is 0.234 e. The number of anilines is 1. The molecule has 0 radical (unpaired) electrons. The van der Waals surface area contributed by atoms with Crippen LogP contribution in [0.25, 0.3) is 33.7 Å². The minimum Gasteiger partial charge on any atom is -0.506 e. The number of amides is 1. The molecule has 5 rings (SSSR count). The number of carbonyl (C=O) groups excluding carboxylic acids is 1. The van der Waals surface area contributed by atoms with Gasteiger partial charge in [0.05, 0.1) is 24.0 Å². The Kier molecular flexibility index (Phi) is 5.30. The molecule has 1 amide bonds. The summed E-state index contributed by atoms with van der Waals surface area (Å²) in [7, 11) is 0. The van der Waals surface area contributed by atoms with Crippen molar-refractivity contribution >= 4 is 34.1 Å². The van der Waals surface area contributed by atoms with Gasteiger partial charge in [0, 0.05) is 5.39 Å². The quantitative estimate of drug-likeness (QED) is 0.278. The van der Waals surface area contributed by atoms with E-state index >= 15 is 0 Å². The summed E-state index contributed by atoms with van der Waals surface area (Å²) in [5.41, 5.74) is 1.28. The van der Waals surface area contributed by atoms with Crippen LogP contribution in [0.2, 0.25) is 0 Å². The molecule has 2 N–H and O–H groups in total. The molecule has 158 valence electrons. The Morgan fingerprint density at radius 2 is 1.66 bits per heavy atom. The zero-order valence-corrected chi connectivity index (χ0v) is 17.4. The second kappa shape index (κ2) is 8.56. The minimum absolute atomic E-state index is 0.00266. The van der Waals surface area contributed by atoms with Crippen LogP contribution in [0.5, 0.6) is 5.75 Å². The fourth-order valence-electron chi connectivity index (χ4n) is 3.23. The van der Waals surface area contributed by atoms with Gasteiger partial charge in [-0.1, -0.05) is 42.1 Å². The third-order valence-electron chi connectivity index (χ3n) is 4.68. The van der Waals surface area contributed by atoms with E-state index in [1.54, 1.807) is 48.9 Å². The fraction of sp³-hybridized carbons (Fsp3) is 0.0435. The van der Waals surface area contributed by atoms with Crippen molar-refractivity contribution in [3.63, 3.8) is 0 Å². The van der Waals surface area contributed by atoms with Crippen molar-refractivity contribution in [1.29, 1.82) is 0 Å². The van der Waals surface area contributed by atoms with Crippen LogP contribution >= 0.6 is 11.8 Å². The van der Waals surface area contributed by atoms with E-state index in [1.807, 2.05) is 24.3 Å². The lowest BCUT2D eigenvalue weighted by atomic mass is 10.1. The van der Waals surface area contributed by atoms with Gasteiger partial charge in [-0.25, -0.2) is 4.98 Å². The number of hydrogen-bond donors (Lipinski definition) is 2. The molecular weight excluding hydrogens is 428 g/mol. The van der Waals surface area contributed by atoms with Gasteiger partial charge in [-0.15, -0.1) is 10.2 Å². The molecule has 0 fully saturated rings. The van der Waals surface area contributed by atoms with E-state index in [0.29, 0.717) is 33.8 Å². The number of nitrogens with zero attached hydrogens (tertiary/aromatic N) is 3. The number of aromatic nitrogens is 3. The Balaban J connectivity index is 1.36. The summed E-state index contributed by atoms with van der Waals surface area (Å²) >= 11 is 1.13. The molecule has 9 heteroatoms. The van der Waals surface area contributed by atoms with Crippen molar-refractivity contribution in [2.75, 3.05) is 11.1 Å². The first-order chi connectivity index (χ1) is 15.7. The molecule has 3 heterocycles. The van der Waals surface area contributed by atoms with Gasteiger partial charge in [-0.05, 0) is 35.7 Å². The maximum absolute atomic E-state index is 12.6. The van der Waals surface area contributed by atoms with Crippen molar-refractivity contribution in [2.45, 2.75) is 5.16 Å². The highest BCUT2D eigenvalue weighted by molar-refractivity contribution is 7.99. The summed E-state index contributed by atoms with van der Waals surface area (Å²) in [5.74, 6) is 0.750. The van der Waals surface area contributed by atoms with Crippen molar-refractivity contribution in [3.05, 3.63) is 73.2 Å². The third-order valence-corrected chi connectivity index (χ3v) is 5.52. The first-order valence-electron chi connectivity index (χ1n) is 9.65. The fourth-order valence-corrected chi connectivity index (χ4v) is 3.82. The molecule has 0 unspecified atom stereocenters. The molecule has 0 aliphatic rings. The van der Waals surface area contributed by atoms with Gasteiger partial charge < -0.3 is 19.3 Å². The third kappa shape index (κ3) is 3.93. The lowest BCUT2D eigenvalue weighted by Crippen LogP contribution is -2.15. The second-order valence-corrected chi connectivity index (χ2v) is 7.71. The van der Waals surface area contributed by atoms with Crippen LogP contribution in [-0.2, 0) is 4.79 Å². The standard InChI is InChI=1S/C23H16N4O4S/c28-16-10-9-14-5-1-2-6-15(14)20(16)24-19(29)13-32-23-25-21(17-7-3-11-30-17)22(26-27-23)18-8-4-12-31-18/h1-12,28H,13H2,(H,24,29). The Hall–Kier alpha value is -4.11. The van der Waals surface area contributed by atoms with Gasteiger partial charge in [-0.2, -0.15) is 0 Å². The van der Waals surface area contributed by atoms with Crippen molar-refractivity contribution in [2.24, 2.45) is 0 Å². The molecule has 0 saturated carbocycles. The lowest BCUT2D eigenvalue weighted by Gasteiger charge is -2.10. The van der Waals surface area contributed by atoms with E-state index in [0.717, 1.165) is 22.5 Å². The van der Waals surface area contributed by atoms with Crippen LogP contribution in [0, 0.1) is 0 Å². The summed E-state index contributed by atoms with van der Waals surface area (Å²) in [5, 5.41) is 23.3. The van der Waals surface area contributed by atoms with Crippen LogP contribution < -0.4 is 5.32 Å². The number of nitrogens with one attached hydrogen (secondary N) is 1. The average molecular weight is 444 g/mol. The Morgan fingerprint density at radius 3 is 2.41 bits per heavy atom. The number of rotatable bonds is 6. The number of aromatic hydroxyl groups is 1. The molecule has 5 aromatic rings. The molecule has 2 aromatic carbocycles. The first kappa shape index (κ1) is 19.8. The van der Waals surface area contributed by atoms with E-state index in [4.69, 9.17) is 8.83 Å². The topological polar surface area (TPSA) is 114 Å². The van der Waals surface area contributed by atoms with Crippen LogP contribution in [0.4, 0.5) is 5.69 Å². The molecule has 3 aromatic heterocycles. The molecule has 0 aliphatic carbocycles. The van der Waals surface area contributed by atoms with E-state index in [9.17, 15) is 9.90 Å². The summed E-state index contributed by atoms with van der Waals surface area (Å²) < 4.78 is 10.9. The molecule has 8 nitrogen and oxygen atoms in total. The lowest BCUT2D eigenvalue weighted by molar-refractivity contribution is -0.113. The van der Waals surface area contributed by atoms with Gasteiger partial charge in [0.25, 0.3) is 0 Å². The zero-order chi connectivity index (χ0) is 21.9. The first-order valence-corrected chi connectivity index (χ1v) is 10.6. The van der Waals surface area contributed by atoms with Gasteiger partial charge >= 0.3 is 0 Å². The highest BCUT2D eigenvalue weighted by Crippen LogP contribution is 2.33. The van der Waals surface area contributed by atoms with Gasteiger partial charge in [0.2, 0.25) is 11.1 Å². The average Bonchev–Trinajstić information content (AvgIpc) is 3.54. The highest BCUT2D eigenvalue weighted by atomic mass is 32.2. The van der Waals surface area contributed by atoms with E-state index in [-0.39, 0.29) is 17.4 Å². The van der Waals surface area contributed by atoms with E-state index in [1.165, 1.54) is 0 Å². The predicted octanol–water partition coefficient (Wildman–Crippen LogP) is 4.98. The molecule has 0 atom stereocenters. The number of phenols is 1. The van der Waals surface area contributed by atoms with Gasteiger partial charge in [0.15, 0.2) is 17.2 Å². The Morgan fingerprint density at radius 1 is 0.906 bits per heavy atom. The van der Waals surface area contributed by atoms with Crippen LogP contribution in [0.1, 0.15) is 0 Å². The number of furan rings is 2. The number of phenolic OH excluding ortho intramolecular Hbond substituents is 1. The largest absolute Gasteiger partial charge is 0.506 e. The van der Waals surface area contributed by atoms with Gasteiger partial charge in [0.1, 0.15) is 11.4 Å². The number of carbonyl (C=O) groups is 1. The number of benzene rings is 2. The Labute approximate surface area is 186 Å². The second-order valence-electron chi connectivity index (χ2n) is 6.76. The molecule has 32 heavy (non-hydrogen) atoms. The minimum atomic E-state index is -0.306. The smallest absolute Gasteiger partial charge is 0.234 e. The molecular formula is C23H16N4O4S. The summed E-state index contributed by atoms with van der Waals surface area (Å²) in [6.07, 6.45) is 3.08.